The molecular weight excluding hydrogens is 653 g/mol. The maximum Gasteiger partial charge on any atom is 0.472 e. The first kappa shape index (κ1) is 31.5. The molecule has 4 aromatic heterocycles. The van der Waals surface area contributed by atoms with Gasteiger partial charge >= 0.3 is 16.1 Å². The van der Waals surface area contributed by atoms with Crippen molar-refractivity contribution >= 4 is 50.2 Å². The van der Waals surface area contributed by atoms with Gasteiger partial charge in [0.1, 0.15) is 42.4 Å². The molecule has 4 aromatic rings. The number of hydrogen-bond acceptors (Lipinski definition) is 17. The first-order valence-corrected chi connectivity index (χ1v) is 15.6. The third kappa shape index (κ3) is 5.84. The molecule has 2 saturated heterocycles. The van der Waals surface area contributed by atoms with E-state index in [1.54, 1.807) is 0 Å². The zero-order chi connectivity index (χ0) is 32.2. The third-order valence-electron chi connectivity index (χ3n) is 7.03. The highest BCUT2D eigenvalue weighted by molar-refractivity contribution is 7.47. The summed E-state index contributed by atoms with van der Waals surface area (Å²) in [6.07, 6.45) is -9.92. The van der Waals surface area contributed by atoms with E-state index in [2.05, 4.69) is 29.9 Å². The molecule has 0 aliphatic carbocycles. The number of rotatable bonds is 10. The predicted molar refractivity (Wildman–Crippen MR) is 145 cm³/mol. The van der Waals surface area contributed by atoms with Gasteiger partial charge in [-0.1, -0.05) is 0 Å². The summed E-state index contributed by atoms with van der Waals surface area (Å²) in [6.45, 7) is -1.74. The number of anilines is 2. The summed E-state index contributed by atoms with van der Waals surface area (Å²) in [7, 11) is -8.93. The number of nitrogens with zero attached hydrogens (tertiary/aromatic N) is 7. The topological polar surface area (TPSA) is 320 Å². The van der Waals surface area contributed by atoms with Crippen molar-refractivity contribution in [2.24, 2.45) is 0 Å². The number of nitrogens with two attached hydrogens (primary N) is 2. The number of fused-ring (bicyclic) bond motifs is 2. The van der Waals surface area contributed by atoms with Crippen LogP contribution in [0.3, 0.4) is 0 Å². The van der Waals surface area contributed by atoms with Crippen molar-refractivity contribution in [2.45, 2.75) is 49.1 Å². The number of phosphoric ester groups is 1. The third-order valence-corrected chi connectivity index (χ3v) is 8.49. The second-order valence-electron chi connectivity index (χ2n) is 9.79. The number of H-pyrrole nitrogens is 1. The Hall–Kier alpha value is -3.47. The van der Waals surface area contributed by atoms with Crippen LogP contribution in [0.5, 0.6) is 0 Å². The van der Waals surface area contributed by atoms with E-state index in [-0.39, 0.29) is 34.1 Å². The number of aromatic amines is 1. The van der Waals surface area contributed by atoms with E-state index >= 15 is 4.39 Å². The van der Waals surface area contributed by atoms with E-state index < -0.39 is 84.0 Å². The van der Waals surface area contributed by atoms with Gasteiger partial charge in [-0.2, -0.15) is 4.98 Å². The highest BCUT2D eigenvalue weighted by Gasteiger charge is 2.52. The van der Waals surface area contributed by atoms with Crippen molar-refractivity contribution in [1.29, 1.82) is 0 Å². The quantitative estimate of drug-likeness (QED) is 0.0881. The zero-order valence-corrected chi connectivity index (χ0v) is 24.3. The maximum absolute atomic E-state index is 15.3. The minimum atomic E-state index is -5.25. The predicted octanol–water partition coefficient (Wildman–Crippen LogP) is -2.12. The van der Waals surface area contributed by atoms with Gasteiger partial charge in [-0.3, -0.25) is 32.5 Å². The first-order chi connectivity index (χ1) is 21.4. The van der Waals surface area contributed by atoms with Crippen LogP contribution in [0.15, 0.2) is 23.8 Å². The Morgan fingerprint density at radius 2 is 1.76 bits per heavy atom. The molecule has 0 aromatic carbocycles. The van der Waals surface area contributed by atoms with Gasteiger partial charge in [0.05, 0.1) is 25.9 Å². The first-order valence-electron chi connectivity index (χ1n) is 12.8. The summed E-state index contributed by atoms with van der Waals surface area (Å²) in [5.74, 6) is -0.286. The number of nitrogens with one attached hydrogen (secondary N) is 1. The average Bonchev–Trinajstić information content (AvgIpc) is 3.73. The van der Waals surface area contributed by atoms with Crippen LogP contribution in [0.4, 0.5) is 16.2 Å². The van der Waals surface area contributed by atoms with Crippen molar-refractivity contribution in [3.63, 3.8) is 0 Å². The molecule has 45 heavy (non-hydrogen) atoms. The standard InChI is InChI=1S/C20H25FN10O12P2/c21-8-6(1-32)40-19(31-5-27-10-16(31)28-20(23)29-17(10)34)13(8)43-45(37,38)39-2-7-12(42-44(35)36)11(33)18(41-7)30-4-26-9-14(22)24-3-25-15(9)30/h3-8,11-13,18-19,32-33,44H,1-2H2,(H,35,36)(H,37,38)(H2,22,24,25)(H3,23,28,29,34)/t6-,7-,8+,11-,12-,13-,18-,19-/m1/s1. The van der Waals surface area contributed by atoms with Crippen molar-refractivity contribution in [3.8, 4) is 0 Å². The number of hydrogen-bond donors (Lipinski definition) is 7. The number of alkyl halides is 1. The van der Waals surface area contributed by atoms with Crippen LogP contribution in [0.2, 0.25) is 0 Å². The molecule has 0 saturated carbocycles. The lowest BCUT2D eigenvalue weighted by atomic mass is 10.1. The lowest BCUT2D eigenvalue weighted by Crippen LogP contribution is -2.35. The monoisotopic (exact) mass is 678 g/mol. The molecule has 0 bridgehead atoms. The molecule has 2 unspecified atom stereocenters. The molecule has 2 aliphatic rings. The molecule has 0 amide bonds. The molecular formula is C20H25FN10O12P2. The van der Waals surface area contributed by atoms with Crippen LogP contribution < -0.4 is 17.0 Å². The Labute approximate surface area is 249 Å². The van der Waals surface area contributed by atoms with E-state index in [4.69, 9.17) is 34.5 Å². The van der Waals surface area contributed by atoms with Crippen LogP contribution in [-0.4, -0.2) is 109 Å². The molecule has 0 radical (unpaired) electrons. The fraction of sp³-hybridized carbons (Fsp3) is 0.500. The van der Waals surface area contributed by atoms with Gasteiger partial charge in [0, 0.05) is 0 Å². The molecule has 9 N–H and O–H groups in total. The lowest BCUT2D eigenvalue weighted by molar-refractivity contribution is -0.0608. The number of imidazole rings is 2. The van der Waals surface area contributed by atoms with Crippen LogP contribution in [0.1, 0.15) is 12.5 Å². The van der Waals surface area contributed by atoms with E-state index in [1.807, 2.05) is 0 Å². The van der Waals surface area contributed by atoms with E-state index in [9.17, 15) is 33.9 Å². The van der Waals surface area contributed by atoms with Crippen molar-refractivity contribution in [1.82, 2.24) is 39.0 Å². The number of ether oxygens (including phenoxy) is 2. The van der Waals surface area contributed by atoms with Gasteiger partial charge in [0.2, 0.25) is 5.95 Å². The summed E-state index contributed by atoms with van der Waals surface area (Å²) in [6, 6.07) is 0. The molecule has 244 valence electrons. The Morgan fingerprint density at radius 1 is 1.07 bits per heavy atom. The summed E-state index contributed by atoms with van der Waals surface area (Å²) < 4.78 is 68.6. The molecule has 0 spiro atoms. The Balaban J connectivity index is 1.22. The fourth-order valence-corrected chi connectivity index (χ4v) is 6.51. The molecule has 10 atom stereocenters. The minimum absolute atomic E-state index is 0.0243. The second kappa shape index (κ2) is 12.0. The molecule has 2 aliphatic heterocycles. The van der Waals surface area contributed by atoms with Crippen molar-refractivity contribution in [3.05, 3.63) is 29.3 Å². The van der Waals surface area contributed by atoms with Gasteiger partial charge in [-0.15, -0.1) is 0 Å². The van der Waals surface area contributed by atoms with E-state index in [0.29, 0.717) is 0 Å². The Morgan fingerprint density at radius 3 is 2.47 bits per heavy atom. The minimum Gasteiger partial charge on any atom is -0.394 e. The van der Waals surface area contributed by atoms with E-state index in [1.165, 1.54) is 10.9 Å². The molecule has 25 heteroatoms. The number of aromatic nitrogens is 8. The van der Waals surface area contributed by atoms with Crippen LogP contribution in [-0.2, 0) is 32.2 Å². The fourth-order valence-electron chi connectivity index (χ4n) is 5.06. The van der Waals surface area contributed by atoms with Gasteiger partial charge in [-0.05, 0) is 0 Å². The van der Waals surface area contributed by atoms with Crippen molar-refractivity contribution < 1.29 is 56.6 Å². The summed E-state index contributed by atoms with van der Waals surface area (Å²) in [4.78, 5) is 54.2. The number of phosphoric acid groups is 1. The lowest BCUT2D eigenvalue weighted by Gasteiger charge is -2.24. The van der Waals surface area contributed by atoms with Crippen LogP contribution in [0, 0.1) is 0 Å². The highest BCUT2D eigenvalue weighted by atomic mass is 31.2. The summed E-state index contributed by atoms with van der Waals surface area (Å²) in [5.41, 5.74) is 10.6. The van der Waals surface area contributed by atoms with Gasteiger partial charge < -0.3 is 45.5 Å². The normalized spacial score (nSPS) is 30.7. The maximum atomic E-state index is 15.3. The van der Waals surface area contributed by atoms with Gasteiger partial charge in [0.25, 0.3) is 5.56 Å². The number of aliphatic hydroxyl groups excluding tert-OH is 2. The molecule has 6 rings (SSSR count). The zero-order valence-electron chi connectivity index (χ0n) is 22.4. The molecule has 22 nitrogen and oxygen atoms in total. The van der Waals surface area contributed by atoms with E-state index in [0.717, 1.165) is 17.2 Å². The largest absolute Gasteiger partial charge is 0.472 e. The number of halogens is 1. The van der Waals surface area contributed by atoms with Gasteiger partial charge in [0.15, 0.2) is 41.3 Å². The molecule has 2 fully saturated rings. The SMILES string of the molecule is Nc1nc2c(ncn2[C@@H]2O[C@H](CO)[C@H](F)[C@H]2OP(=O)(O)OC[C@H]2O[C@@H](n3cnc4c(N)ncnc43)[C@H](O)[C@@H]2O[PH](=O)O)c(=O)[nH]1. The highest BCUT2D eigenvalue weighted by Crippen LogP contribution is 2.51. The van der Waals surface area contributed by atoms with Crippen molar-refractivity contribution in [2.75, 3.05) is 24.7 Å². The summed E-state index contributed by atoms with van der Waals surface area (Å²) in [5, 5.41) is 20.5. The Bertz CT molecular complexity index is 1860. The number of nitrogen functional groups attached to an aromatic ring is 2. The second-order valence-corrected chi connectivity index (χ2v) is 12.0. The van der Waals surface area contributed by atoms with Crippen LogP contribution >= 0.6 is 16.1 Å². The smallest absolute Gasteiger partial charge is 0.394 e. The van der Waals surface area contributed by atoms with Crippen LogP contribution in [0.25, 0.3) is 22.3 Å². The summed E-state index contributed by atoms with van der Waals surface area (Å²) >= 11 is 0. The molecule has 6 heterocycles. The number of aliphatic hydroxyl groups is 2. The Kier molecular flexibility index (Phi) is 8.43. The average molecular weight is 678 g/mol. The van der Waals surface area contributed by atoms with Gasteiger partial charge in [-0.25, -0.2) is 28.9 Å².